The predicted octanol–water partition coefficient (Wildman–Crippen LogP) is 3.73. The zero-order valence-corrected chi connectivity index (χ0v) is 13.4. The van der Waals surface area contributed by atoms with Gasteiger partial charge in [0.2, 0.25) is 0 Å². The normalized spacial score (nSPS) is 10.2. The summed E-state index contributed by atoms with van der Waals surface area (Å²) >= 11 is 1.37. The van der Waals surface area contributed by atoms with Gasteiger partial charge in [0.25, 0.3) is 5.91 Å². The topological polar surface area (TPSA) is 55.4 Å². The largest absolute Gasteiger partial charge is 0.465 e. The summed E-state index contributed by atoms with van der Waals surface area (Å²) in [5, 5.41) is 2.73. The average molecular weight is 333 g/mol. The van der Waals surface area contributed by atoms with Gasteiger partial charge in [-0.15, -0.1) is 11.8 Å². The number of carbonyl (C=O) groups is 2. The molecule has 0 saturated carbocycles. The summed E-state index contributed by atoms with van der Waals surface area (Å²) < 4.78 is 17.7. The number of carbonyl (C=O) groups excluding carboxylic acids is 2. The molecule has 4 nitrogen and oxygen atoms in total. The van der Waals surface area contributed by atoms with E-state index >= 15 is 0 Å². The molecular formula is C17H16FNO3S. The van der Waals surface area contributed by atoms with Gasteiger partial charge in [-0.2, -0.15) is 0 Å². The van der Waals surface area contributed by atoms with Crippen LogP contribution in [0.5, 0.6) is 0 Å². The maximum Gasteiger partial charge on any atom is 0.316 e. The van der Waals surface area contributed by atoms with E-state index in [4.69, 9.17) is 4.74 Å². The van der Waals surface area contributed by atoms with Crippen LogP contribution in [0.15, 0.2) is 53.4 Å². The van der Waals surface area contributed by atoms with Crippen molar-refractivity contribution in [2.24, 2.45) is 0 Å². The summed E-state index contributed by atoms with van der Waals surface area (Å²) in [6.07, 6.45) is 0. The van der Waals surface area contributed by atoms with Gasteiger partial charge >= 0.3 is 5.97 Å². The molecule has 0 aliphatic heterocycles. The summed E-state index contributed by atoms with van der Waals surface area (Å²) in [6, 6.07) is 12.4. The predicted molar refractivity (Wildman–Crippen MR) is 88.2 cm³/mol. The second kappa shape index (κ2) is 8.33. The Morgan fingerprint density at radius 3 is 2.35 bits per heavy atom. The molecular weight excluding hydrogens is 317 g/mol. The lowest BCUT2D eigenvalue weighted by Gasteiger charge is -2.07. The lowest BCUT2D eigenvalue weighted by Crippen LogP contribution is -2.11. The number of hydrogen-bond donors (Lipinski definition) is 1. The number of nitrogens with one attached hydrogen (secondary N) is 1. The van der Waals surface area contributed by atoms with Crippen LogP contribution in [0.4, 0.5) is 10.1 Å². The Morgan fingerprint density at radius 1 is 1.09 bits per heavy atom. The van der Waals surface area contributed by atoms with E-state index < -0.39 is 0 Å². The van der Waals surface area contributed by atoms with Crippen LogP contribution in [-0.2, 0) is 9.53 Å². The van der Waals surface area contributed by atoms with Crippen LogP contribution >= 0.6 is 11.8 Å². The maximum absolute atomic E-state index is 12.8. The number of anilines is 1. The monoisotopic (exact) mass is 333 g/mol. The first-order valence-electron chi connectivity index (χ1n) is 7.04. The molecule has 6 heteroatoms. The summed E-state index contributed by atoms with van der Waals surface area (Å²) in [4.78, 5) is 24.2. The van der Waals surface area contributed by atoms with E-state index in [-0.39, 0.29) is 23.4 Å². The minimum Gasteiger partial charge on any atom is -0.465 e. The van der Waals surface area contributed by atoms with Gasteiger partial charge in [0, 0.05) is 16.1 Å². The van der Waals surface area contributed by atoms with Gasteiger partial charge in [-0.1, -0.05) is 0 Å². The second-order valence-corrected chi connectivity index (χ2v) is 5.63. The van der Waals surface area contributed by atoms with E-state index in [1.165, 1.54) is 36.0 Å². The molecule has 1 N–H and O–H groups in total. The molecule has 0 atom stereocenters. The van der Waals surface area contributed by atoms with E-state index in [0.29, 0.717) is 17.9 Å². The molecule has 0 aliphatic carbocycles. The summed E-state index contributed by atoms with van der Waals surface area (Å²) in [7, 11) is 0. The fourth-order valence-electron chi connectivity index (χ4n) is 1.78. The van der Waals surface area contributed by atoms with Crippen LogP contribution in [0, 0.1) is 5.82 Å². The van der Waals surface area contributed by atoms with Gasteiger partial charge in [-0.05, 0) is 55.5 Å². The third-order valence-electron chi connectivity index (χ3n) is 2.88. The van der Waals surface area contributed by atoms with Crippen molar-refractivity contribution in [2.75, 3.05) is 17.7 Å². The minimum atomic E-state index is -0.385. The zero-order chi connectivity index (χ0) is 16.7. The number of hydrogen-bond acceptors (Lipinski definition) is 4. The highest BCUT2D eigenvalue weighted by Crippen LogP contribution is 2.21. The van der Waals surface area contributed by atoms with Crippen molar-refractivity contribution in [3.05, 3.63) is 59.9 Å². The Labute approximate surface area is 138 Å². The first kappa shape index (κ1) is 17.0. The van der Waals surface area contributed by atoms with Crippen molar-refractivity contribution in [1.82, 2.24) is 0 Å². The lowest BCUT2D eigenvalue weighted by molar-refractivity contribution is -0.139. The number of rotatable bonds is 6. The van der Waals surface area contributed by atoms with Crippen molar-refractivity contribution < 1.29 is 18.7 Å². The molecule has 0 aliphatic rings. The van der Waals surface area contributed by atoms with Crippen LogP contribution < -0.4 is 5.32 Å². The number of benzene rings is 2. The van der Waals surface area contributed by atoms with Crippen LogP contribution in [0.3, 0.4) is 0 Å². The molecule has 2 aromatic rings. The molecule has 0 radical (unpaired) electrons. The van der Waals surface area contributed by atoms with E-state index in [1.807, 2.05) is 12.1 Å². The zero-order valence-electron chi connectivity index (χ0n) is 12.5. The highest BCUT2D eigenvalue weighted by molar-refractivity contribution is 8.00. The molecule has 120 valence electrons. The Bertz CT molecular complexity index is 671. The molecule has 0 heterocycles. The first-order chi connectivity index (χ1) is 11.1. The Hall–Kier alpha value is -2.34. The second-order valence-electron chi connectivity index (χ2n) is 4.58. The maximum atomic E-state index is 12.8. The van der Waals surface area contributed by atoms with Crippen LogP contribution in [0.1, 0.15) is 17.3 Å². The minimum absolute atomic E-state index is 0.245. The van der Waals surface area contributed by atoms with Gasteiger partial charge in [0.05, 0.1) is 12.4 Å². The number of halogens is 1. The van der Waals surface area contributed by atoms with Crippen LogP contribution in [0.25, 0.3) is 0 Å². The standard InChI is InChI=1S/C17H16FNO3S/c1-2-22-16(20)11-23-15-9-7-14(8-10-15)19-17(21)12-3-5-13(18)6-4-12/h3-10H,2,11H2,1H3,(H,19,21). The SMILES string of the molecule is CCOC(=O)CSc1ccc(NC(=O)c2ccc(F)cc2)cc1. The third-order valence-corrected chi connectivity index (χ3v) is 3.87. The molecule has 0 aromatic heterocycles. The lowest BCUT2D eigenvalue weighted by atomic mass is 10.2. The first-order valence-corrected chi connectivity index (χ1v) is 8.02. The van der Waals surface area contributed by atoms with Gasteiger partial charge < -0.3 is 10.1 Å². The van der Waals surface area contributed by atoms with Gasteiger partial charge in [0.15, 0.2) is 0 Å². The van der Waals surface area contributed by atoms with E-state index in [2.05, 4.69) is 5.32 Å². The van der Waals surface area contributed by atoms with Crippen LogP contribution in [0.2, 0.25) is 0 Å². The number of thioether (sulfide) groups is 1. The summed E-state index contributed by atoms with van der Waals surface area (Å²) in [5.41, 5.74) is 1.01. The molecule has 1 amide bonds. The van der Waals surface area contributed by atoms with Crippen LogP contribution in [-0.4, -0.2) is 24.2 Å². The fraction of sp³-hybridized carbons (Fsp3) is 0.176. The van der Waals surface area contributed by atoms with E-state index in [0.717, 1.165) is 4.90 Å². The molecule has 23 heavy (non-hydrogen) atoms. The van der Waals surface area contributed by atoms with Gasteiger partial charge in [0.1, 0.15) is 5.82 Å². The molecule has 0 unspecified atom stereocenters. The molecule has 0 fully saturated rings. The number of ether oxygens (including phenoxy) is 1. The summed E-state index contributed by atoms with van der Waals surface area (Å²) in [5.74, 6) is -0.706. The third kappa shape index (κ3) is 5.41. The van der Waals surface area contributed by atoms with Crippen molar-refractivity contribution in [1.29, 1.82) is 0 Å². The number of esters is 1. The van der Waals surface area contributed by atoms with Crippen molar-refractivity contribution in [2.45, 2.75) is 11.8 Å². The van der Waals surface area contributed by atoms with Crippen molar-refractivity contribution in [3.63, 3.8) is 0 Å². The van der Waals surface area contributed by atoms with Crippen molar-refractivity contribution in [3.8, 4) is 0 Å². The number of amides is 1. The molecule has 2 rings (SSSR count). The van der Waals surface area contributed by atoms with E-state index in [9.17, 15) is 14.0 Å². The quantitative estimate of drug-likeness (QED) is 0.646. The molecule has 2 aromatic carbocycles. The van der Waals surface area contributed by atoms with E-state index in [1.54, 1.807) is 19.1 Å². The Balaban J connectivity index is 1.90. The average Bonchev–Trinajstić information content (AvgIpc) is 2.55. The molecule has 0 spiro atoms. The van der Waals surface area contributed by atoms with Gasteiger partial charge in [-0.25, -0.2) is 4.39 Å². The fourth-order valence-corrected chi connectivity index (χ4v) is 2.48. The summed E-state index contributed by atoms with van der Waals surface area (Å²) in [6.45, 7) is 2.13. The molecule has 0 bridgehead atoms. The Kier molecular flexibility index (Phi) is 6.17. The highest BCUT2D eigenvalue weighted by Gasteiger charge is 2.07. The van der Waals surface area contributed by atoms with Crippen molar-refractivity contribution >= 4 is 29.3 Å². The Morgan fingerprint density at radius 2 is 1.74 bits per heavy atom. The van der Waals surface area contributed by atoms with Gasteiger partial charge in [-0.3, -0.25) is 9.59 Å². The smallest absolute Gasteiger partial charge is 0.316 e. The molecule has 0 saturated heterocycles. The highest BCUT2D eigenvalue weighted by atomic mass is 32.2.